The predicted octanol–water partition coefficient (Wildman–Crippen LogP) is 1.51. The van der Waals surface area contributed by atoms with Crippen LogP contribution in [0.15, 0.2) is 24.3 Å². The summed E-state index contributed by atoms with van der Waals surface area (Å²) >= 11 is 0. The van der Waals surface area contributed by atoms with Crippen LogP contribution in [0.2, 0.25) is 0 Å². The van der Waals surface area contributed by atoms with Crippen LogP contribution >= 0.6 is 0 Å². The molecule has 0 saturated heterocycles. The van der Waals surface area contributed by atoms with Gasteiger partial charge in [0.15, 0.2) is 0 Å². The average Bonchev–Trinajstić information content (AvgIpc) is 2.44. The number of carbonyl (C=O) groups is 1. The summed E-state index contributed by atoms with van der Waals surface area (Å²) in [6.45, 7) is 2.32. The summed E-state index contributed by atoms with van der Waals surface area (Å²) in [6, 6.07) is 5.47. The first kappa shape index (κ1) is 15.9. The van der Waals surface area contributed by atoms with Gasteiger partial charge in [0.1, 0.15) is 11.8 Å². The van der Waals surface area contributed by atoms with E-state index in [1.54, 1.807) is 26.1 Å². The molecule has 1 aromatic rings. The van der Waals surface area contributed by atoms with E-state index in [0.29, 0.717) is 18.8 Å². The zero-order valence-corrected chi connectivity index (χ0v) is 11.5. The summed E-state index contributed by atoms with van der Waals surface area (Å²) in [5, 5.41) is 13.5. The fourth-order valence-corrected chi connectivity index (χ4v) is 1.60. The number of nitro benzene ring substituents is 1. The van der Waals surface area contributed by atoms with Crippen molar-refractivity contribution in [2.75, 3.05) is 20.3 Å². The Hall–Kier alpha value is -2.15. The molecule has 0 heterocycles. The van der Waals surface area contributed by atoms with E-state index in [9.17, 15) is 14.9 Å². The first-order valence-electron chi connectivity index (χ1n) is 6.29. The lowest BCUT2D eigenvalue weighted by molar-refractivity contribution is -0.384. The van der Waals surface area contributed by atoms with E-state index in [2.05, 4.69) is 5.32 Å². The molecule has 0 aliphatic heterocycles. The number of hydrogen-bond acceptors (Lipinski definition) is 6. The molecule has 20 heavy (non-hydrogen) atoms. The summed E-state index contributed by atoms with van der Waals surface area (Å²) in [4.78, 5) is 21.7. The molecule has 0 radical (unpaired) electrons. The molecule has 1 unspecified atom stereocenters. The van der Waals surface area contributed by atoms with Crippen molar-refractivity contribution >= 4 is 11.7 Å². The van der Waals surface area contributed by atoms with Gasteiger partial charge in [-0.2, -0.15) is 0 Å². The van der Waals surface area contributed by atoms with Gasteiger partial charge in [-0.1, -0.05) is 6.07 Å². The van der Waals surface area contributed by atoms with Crippen molar-refractivity contribution in [1.29, 1.82) is 0 Å². The molecule has 7 nitrogen and oxygen atoms in total. The summed E-state index contributed by atoms with van der Waals surface area (Å²) in [5.41, 5.74) is -0.0296. The van der Waals surface area contributed by atoms with Crippen LogP contribution < -0.4 is 10.1 Å². The fraction of sp³-hybridized carbons (Fsp3) is 0.462. The highest BCUT2D eigenvalue weighted by Crippen LogP contribution is 2.19. The molecule has 1 aromatic carbocycles. The number of nitrogens with zero attached hydrogens (tertiary/aromatic N) is 1. The van der Waals surface area contributed by atoms with Gasteiger partial charge in [-0.15, -0.1) is 0 Å². The van der Waals surface area contributed by atoms with Crippen LogP contribution in [0.25, 0.3) is 0 Å². The van der Waals surface area contributed by atoms with Crippen molar-refractivity contribution in [2.45, 2.75) is 19.4 Å². The van der Waals surface area contributed by atoms with Crippen molar-refractivity contribution in [3.8, 4) is 5.75 Å². The molecule has 0 saturated carbocycles. The first-order chi connectivity index (χ1) is 9.58. The van der Waals surface area contributed by atoms with Crippen LogP contribution in [0.5, 0.6) is 5.75 Å². The Bertz CT molecular complexity index is 464. The number of carbonyl (C=O) groups excluding carboxylic acids is 1. The van der Waals surface area contributed by atoms with E-state index < -0.39 is 11.0 Å². The molecule has 1 rings (SSSR count). The van der Waals surface area contributed by atoms with Gasteiger partial charge in [0, 0.05) is 12.5 Å². The second-order valence-corrected chi connectivity index (χ2v) is 3.98. The van der Waals surface area contributed by atoms with Gasteiger partial charge in [-0.3, -0.25) is 14.9 Å². The van der Waals surface area contributed by atoms with Crippen LogP contribution in [0.3, 0.4) is 0 Å². The molecule has 1 N–H and O–H groups in total. The van der Waals surface area contributed by atoms with Crippen molar-refractivity contribution < 1.29 is 19.2 Å². The van der Waals surface area contributed by atoms with Gasteiger partial charge in [-0.05, 0) is 20.0 Å². The smallest absolute Gasteiger partial charge is 0.323 e. The van der Waals surface area contributed by atoms with E-state index >= 15 is 0 Å². The van der Waals surface area contributed by atoms with Crippen molar-refractivity contribution in [2.24, 2.45) is 0 Å². The zero-order valence-electron chi connectivity index (χ0n) is 11.5. The number of benzene rings is 1. The molecule has 7 heteroatoms. The lowest BCUT2D eigenvalue weighted by atomic mass is 10.2. The van der Waals surface area contributed by atoms with E-state index in [0.717, 1.165) is 0 Å². The van der Waals surface area contributed by atoms with Crippen LogP contribution in [0.4, 0.5) is 5.69 Å². The van der Waals surface area contributed by atoms with Crippen LogP contribution in [0.1, 0.15) is 13.3 Å². The molecule has 0 aliphatic carbocycles. The minimum Gasteiger partial charge on any atom is -0.493 e. The van der Waals surface area contributed by atoms with Gasteiger partial charge in [0.05, 0.1) is 24.2 Å². The Labute approximate surface area is 117 Å². The monoisotopic (exact) mass is 282 g/mol. The molecule has 0 aromatic heterocycles. The summed E-state index contributed by atoms with van der Waals surface area (Å²) in [7, 11) is 1.66. The Morgan fingerprint density at radius 2 is 2.25 bits per heavy atom. The van der Waals surface area contributed by atoms with E-state index in [-0.39, 0.29) is 18.3 Å². The number of hydrogen-bond donors (Lipinski definition) is 1. The number of likely N-dealkylation sites (N-methyl/N-ethyl adjacent to an activating group) is 1. The van der Waals surface area contributed by atoms with Crippen LogP contribution in [-0.2, 0) is 9.53 Å². The SMILES string of the molecule is CCOC(=O)C(CCOc1cccc([N+](=O)[O-])c1)NC. The largest absolute Gasteiger partial charge is 0.493 e. The number of non-ortho nitro benzene ring substituents is 1. The average molecular weight is 282 g/mol. The van der Waals surface area contributed by atoms with Crippen LogP contribution in [0, 0.1) is 10.1 Å². The maximum Gasteiger partial charge on any atom is 0.323 e. The highest BCUT2D eigenvalue weighted by atomic mass is 16.6. The lowest BCUT2D eigenvalue weighted by Gasteiger charge is -2.14. The number of nitrogens with one attached hydrogen (secondary N) is 1. The third kappa shape index (κ3) is 4.85. The minimum atomic E-state index is -0.484. The Morgan fingerprint density at radius 1 is 1.50 bits per heavy atom. The molecular weight excluding hydrogens is 264 g/mol. The molecule has 0 fully saturated rings. The third-order valence-corrected chi connectivity index (χ3v) is 2.62. The quantitative estimate of drug-likeness (QED) is 0.441. The number of rotatable bonds is 8. The maximum absolute atomic E-state index is 11.5. The van der Waals surface area contributed by atoms with Crippen LogP contribution in [-0.4, -0.2) is 37.2 Å². The molecule has 1 atom stereocenters. The lowest BCUT2D eigenvalue weighted by Crippen LogP contribution is -2.36. The normalized spacial score (nSPS) is 11.7. The second-order valence-electron chi connectivity index (χ2n) is 3.98. The molecule has 110 valence electrons. The minimum absolute atomic E-state index is 0.0296. The molecule has 0 amide bonds. The Kier molecular flexibility index (Phi) is 6.45. The Morgan fingerprint density at radius 3 is 2.85 bits per heavy atom. The van der Waals surface area contributed by atoms with Crippen molar-refractivity contribution in [3.63, 3.8) is 0 Å². The third-order valence-electron chi connectivity index (χ3n) is 2.62. The molecule has 0 aliphatic rings. The van der Waals surface area contributed by atoms with Gasteiger partial charge in [0.2, 0.25) is 0 Å². The fourth-order valence-electron chi connectivity index (χ4n) is 1.60. The highest BCUT2D eigenvalue weighted by molar-refractivity contribution is 5.75. The second kappa shape index (κ2) is 8.11. The number of ether oxygens (including phenoxy) is 2. The summed E-state index contributed by atoms with van der Waals surface area (Å²) < 4.78 is 10.3. The molecular formula is C13H18N2O5. The van der Waals surface area contributed by atoms with E-state index in [4.69, 9.17) is 9.47 Å². The molecule has 0 bridgehead atoms. The van der Waals surface area contributed by atoms with E-state index in [1.807, 2.05) is 0 Å². The number of nitro groups is 1. The van der Waals surface area contributed by atoms with E-state index in [1.165, 1.54) is 12.1 Å². The Balaban J connectivity index is 2.48. The van der Waals surface area contributed by atoms with Crippen molar-refractivity contribution in [1.82, 2.24) is 5.32 Å². The first-order valence-corrected chi connectivity index (χ1v) is 6.29. The van der Waals surface area contributed by atoms with Gasteiger partial charge < -0.3 is 14.8 Å². The number of esters is 1. The molecule has 0 spiro atoms. The van der Waals surface area contributed by atoms with Gasteiger partial charge in [0.25, 0.3) is 5.69 Å². The topological polar surface area (TPSA) is 90.7 Å². The van der Waals surface area contributed by atoms with Gasteiger partial charge in [-0.25, -0.2) is 0 Å². The van der Waals surface area contributed by atoms with Gasteiger partial charge >= 0.3 is 5.97 Å². The summed E-state index contributed by atoms with van der Waals surface area (Å²) in [6.07, 6.45) is 0.415. The van der Waals surface area contributed by atoms with Crippen molar-refractivity contribution in [3.05, 3.63) is 34.4 Å². The standard InChI is InChI=1S/C13H18N2O5/c1-3-19-13(16)12(14-2)7-8-20-11-6-4-5-10(9-11)15(17)18/h4-6,9,12,14H,3,7-8H2,1-2H3. The maximum atomic E-state index is 11.5. The zero-order chi connectivity index (χ0) is 15.0. The highest BCUT2D eigenvalue weighted by Gasteiger charge is 2.17. The predicted molar refractivity (Wildman–Crippen MR) is 72.7 cm³/mol. The summed E-state index contributed by atoms with van der Waals surface area (Å²) in [5.74, 6) is 0.0653.